The summed E-state index contributed by atoms with van der Waals surface area (Å²) in [4.78, 5) is 17.1. The zero-order chi connectivity index (χ0) is 9.42. The minimum Gasteiger partial charge on any atom is -0.322 e. The standard InChI is InChI=1S/C9H11N3O/c1-6-3-7-8(10-4-6)5-12(2)9(13)11-7/h3-4H,5H2,1-2H3,(H,11,13). The van der Waals surface area contributed by atoms with Crippen molar-refractivity contribution in [3.63, 3.8) is 0 Å². The molecule has 1 aliphatic rings. The lowest BCUT2D eigenvalue weighted by Crippen LogP contribution is -2.35. The zero-order valence-corrected chi connectivity index (χ0v) is 7.66. The van der Waals surface area contributed by atoms with Crippen LogP contribution in [-0.4, -0.2) is 23.0 Å². The maximum absolute atomic E-state index is 11.3. The summed E-state index contributed by atoms with van der Waals surface area (Å²) in [6.07, 6.45) is 1.81. The summed E-state index contributed by atoms with van der Waals surface area (Å²) >= 11 is 0. The predicted molar refractivity (Wildman–Crippen MR) is 49.5 cm³/mol. The first-order valence-corrected chi connectivity index (χ1v) is 4.14. The van der Waals surface area contributed by atoms with E-state index in [9.17, 15) is 4.79 Å². The molecule has 1 aliphatic heterocycles. The molecular formula is C9H11N3O. The van der Waals surface area contributed by atoms with Crippen molar-refractivity contribution in [3.05, 3.63) is 23.5 Å². The van der Waals surface area contributed by atoms with Crippen molar-refractivity contribution in [2.45, 2.75) is 13.5 Å². The molecule has 4 nitrogen and oxygen atoms in total. The van der Waals surface area contributed by atoms with E-state index in [-0.39, 0.29) is 6.03 Å². The molecule has 13 heavy (non-hydrogen) atoms. The average Bonchev–Trinajstić information content (AvgIpc) is 2.08. The van der Waals surface area contributed by atoms with Gasteiger partial charge in [-0.25, -0.2) is 4.79 Å². The Morgan fingerprint density at radius 1 is 1.62 bits per heavy atom. The van der Waals surface area contributed by atoms with E-state index in [0.29, 0.717) is 6.54 Å². The highest BCUT2D eigenvalue weighted by Crippen LogP contribution is 2.20. The molecule has 1 N–H and O–H groups in total. The van der Waals surface area contributed by atoms with Gasteiger partial charge in [-0.1, -0.05) is 0 Å². The van der Waals surface area contributed by atoms with Crippen molar-refractivity contribution in [1.82, 2.24) is 9.88 Å². The number of nitrogens with one attached hydrogen (secondary N) is 1. The molecule has 1 aromatic rings. The number of rotatable bonds is 0. The SMILES string of the molecule is Cc1cnc2c(c1)NC(=O)N(C)C2. The third kappa shape index (κ3) is 1.35. The summed E-state index contributed by atoms with van der Waals surface area (Å²) in [7, 11) is 1.75. The van der Waals surface area contributed by atoms with Gasteiger partial charge in [0.05, 0.1) is 17.9 Å². The molecule has 4 heteroatoms. The van der Waals surface area contributed by atoms with E-state index in [0.717, 1.165) is 16.9 Å². The van der Waals surface area contributed by atoms with E-state index in [2.05, 4.69) is 10.3 Å². The summed E-state index contributed by atoms with van der Waals surface area (Å²) in [5, 5.41) is 2.77. The van der Waals surface area contributed by atoms with Gasteiger partial charge in [-0.2, -0.15) is 0 Å². The number of fused-ring (bicyclic) bond motifs is 1. The summed E-state index contributed by atoms with van der Waals surface area (Å²) < 4.78 is 0. The number of carbonyl (C=O) groups is 1. The van der Waals surface area contributed by atoms with Crippen molar-refractivity contribution in [2.75, 3.05) is 12.4 Å². The molecule has 0 atom stereocenters. The predicted octanol–water partition coefficient (Wildman–Crippen LogP) is 1.37. The molecule has 2 amide bonds. The van der Waals surface area contributed by atoms with E-state index in [1.807, 2.05) is 19.2 Å². The highest BCUT2D eigenvalue weighted by molar-refractivity contribution is 5.91. The third-order valence-corrected chi connectivity index (χ3v) is 2.08. The van der Waals surface area contributed by atoms with Crippen LogP contribution in [-0.2, 0) is 6.54 Å². The lowest BCUT2D eigenvalue weighted by atomic mass is 10.2. The fourth-order valence-electron chi connectivity index (χ4n) is 1.34. The van der Waals surface area contributed by atoms with Gasteiger partial charge in [0, 0.05) is 13.2 Å². The maximum Gasteiger partial charge on any atom is 0.321 e. The molecule has 0 aliphatic carbocycles. The van der Waals surface area contributed by atoms with Crippen LogP contribution in [0, 0.1) is 6.92 Å². The summed E-state index contributed by atoms with van der Waals surface area (Å²) in [6, 6.07) is 1.87. The highest BCUT2D eigenvalue weighted by atomic mass is 16.2. The Morgan fingerprint density at radius 3 is 3.15 bits per heavy atom. The fraction of sp³-hybridized carbons (Fsp3) is 0.333. The second kappa shape index (κ2) is 2.73. The number of hydrogen-bond acceptors (Lipinski definition) is 2. The first-order chi connectivity index (χ1) is 6.16. The molecule has 0 spiro atoms. The van der Waals surface area contributed by atoms with E-state index in [1.165, 1.54) is 0 Å². The minimum absolute atomic E-state index is 0.0695. The summed E-state index contributed by atoms with van der Waals surface area (Å²) in [5.41, 5.74) is 2.82. The van der Waals surface area contributed by atoms with Crippen molar-refractivity contribution in [2.24, 2.45) is 0 Å². The molecule has 2 heterocycles. The summed E-state index contributed by atoms with van der Waals surface area (Å²) in [6.45, 7) is 2.54. The topological polar surface area (TPSA) is 45.2 Å². The number of carbonyl (C=O) groups excluding carboxylic acids is 1. The largest absolute Gasteiger partial charge is 0.322 e. The van der Waals surface area contributed by atoms with Crippen LogP contribution in [0.15, 0.2) is 12.3 Å². The van der Waals surface area contributed by atoms with Crippen LogP contribution in [0.2, 0.25) is 0 Å². The van der Waals surface area contributed by atoms with Crippen molar-refractivity contribution >= 4 is 11.7 Å². The van der Waals surface area contributed by atoms with Gasteiger partial charge < -0.3 is 10.2 Å². The minimum atomic E-state index is -0.0695. The van der Waals surface area contributed by atoms with E-state index >= 15 is 0 Å². The lowest BCUT2D eigenvalue weighted by molar-refractivity contribution is 0.218. The van der Waals surface area contributed by atoms with Gasteiger partial charge in [0.1, 0.15) is 0 Å². The quantitative estimate of drug-likeness (QED) is 0.650. The number of anilines is 1. The van der Waals surface area contributed by atoms with Crippen LogP contribution in [0.25, 0.3) is 0 Å². The van der Waals surface area contributed by atoms with Gasteiger partial charge in [-0.15, -0.1) is 0 Å². The van der Waals surface area contributed by atoms with Crippen LogP contribution in [0.4, 0.5) is 10.5 Å². The fourth-order valence-corrected chi connectivity index (χ4v) is 1.34. The van der Waals surface area contributed by atoms with Gasteiger partial charge in [-0.05, 0) is 18.6 Å². The molecule has 0 aromatic carbocycles. The van der Waals surface area contributed by atoms with Gasteiger partial charge in [0.15, 0.2) is 0 Å². The lowest BCUT2D eigenvalue weighted by Gasteiger charge is -2.24. The molecule has 0 saturated heterocycles. The van der Waals surface area contributed by atoms with Gasteiger partial charge in [-0.3, -0.25) is 4.98 Å². The van der Waals surface area contributed by atoms with Crippen molar-refractivity contribution in [1.29, 1.82) is 0 Å². The molecule has 0 saturated carbocycles. The Balaban J connectivity index is 2.42. The maximum atomic E-state index is 11.3. The van der Waals surface area contributed by atoms with Gasteiger partial charge in [0.2, 0.25) is 0 Å². The Hall–Kier alpha value is -1.58. The Morgan fingerprint density at radius 2 is 2.38 bits per heavy atom. The normalized spacial score (nSPS) is 15.2. The van der Waals surface area contributed by atoms with E-state index in [4.69, 9.17) is 0 Å². The molecule has 0 fully saturated rings. The zero-order valence-electron chi connectivity index (χ0n) is 7.66. The van der Waals surface area contributed by atoms with Crippen LogP contribution < -0.4 is 5.32 Å². The molecule has 68 valence electrons. The number of amides is 2. The monoisotopic (exact) mass is 177 g/mol. The second-order valence-electron chi connectivity index (χ2n) is 3.29. The molecule has 0 radical (unpaired) electrons. The van der Waals surface area contributed by atoms with Crippen LogP contribution in [0.3, 0.4) is 0 Å². The summed E-state index contributed by atoms with van der Waals surface area (Å²) in [5.74, 6) is 0. The molecule has 0 unspecified atom stereocenters. The first kappa shape index (κ1) is 8.04. The molecule has 2 rings (SSSR count). The third-order valence-electron chi connectivity index (χ3n) is 2.08. The Kier molecular flexibility index (Phi) is 1.69. The smallest absolute Gasteiger partial charge is 0.321 e. The van der Waals surface area contributed by atoms with Crippen molar-refractivity contribution < 1.29 is 4.79 Å². The highest BCUT2D eigenvalue weighted by Gasteiger charge is 2.19. The van der Waals surface area contributed by atoms with E-state index < -0.39 is 0 Å². The molecule has 0 bridgehead atoms. The molecular weight excluding hydrogens is 166 g/mol. The van der Waals surface area contributed by atoms with Gasteiger partial charge >= 0.3 is 6.03 Å². The van der Waals surface area contributed by atoms with Gasteiger partial charge in [0.25, 0.3) is 0 Å². The Bertz CT molecular complexity index is 362. The molecule has 1 aromatic heterocycles. The van der Waals surface area contributed by atoms with Crippen LogP contribution in [0.1, 0.15) is 11.3 Å². The number of aromatic nitrogens is 1. The number of aryl methyl sites for hydroxylation is 1. The number of pyridine rings is 1. The number of nitrogens with zero attached hydrogens (tertiary/aromatic N) is 2. The van der Waals surface area contributed by atoms with Crippen molar-refractivity contribution in [3.8, 4) is 0 Å². The first-order valence-electron chi connectivity index (χ1n) is 4.14. The van der Waals surface area contributed by atoms with Crippen LogP contribution >= 0.6 is 0 Å². The number of hydrogen-bond donors (Lipinski definition) is 1. The average molecular weight is 177 g/mol. The Labute approximate surface area is 76.6 Å². The number of urea groups is 1. The van der Waals surface area contributed by atoms with E-state index in [1.54, 1.807) is 11.9 Å². The van der Waals surface area contributed by atoms with Crippen LogP contribution in [0.5, 0.6) is 0 Å². The second-order valence-corrected chi connectivity index (χ2v) is 3.29.